The summed E-state index contributed by atoms with van der Waals surface area (Å²) in [6, 6.07) is 7.99. The molecular weight excluding hydrogens is 548 g/mol. The molecule has 1 spiro atoms. The third-order valence-electron chi connectivity index (χ3n) is 7.94. The molecule has 0 aliphatic carbocycles. The lowest BCUT2D eigenvalue weighted by atomic mass is 9.63. The lowest BCUT2D eigenvalue weighted by Crippen LogP contribution is -2.48. The lowest BCUT2D eigenvalue weighted by Gasteiger charge is -2.39. The maximum atomic E-state index is 15.7. The van der Waals surface area contributed by atoms with Crippen molar-refractivity contribution in [1.29, 1.82) is 0 Å². The highest BCUT2D eigenvalue weighted by Crippen LogP contribution is 2.60. The molecule has 0 unspecified atom stereocenters. The van der Waals surface area contributed by atoms with Crippen LogP contribution in [0.15, 0.2) is 36.4 Å². The van der Waals surface area contributed by atoms with Gasteiger partial charge in [-0.2, -0.15) is 0 Å². The Hall–Kier alpha value is -2.43. The molecule has 1 saturated heterocycles. The van der Waals surface area contributed by atoms with E-state index in [-0.39, 0.29) is 42.6 Å². The van der Waals surface area contributed by atoms with Crippen LogP contribution in [0.2, 0.25) is 10.0 Å². The molecule has 3 amide bonds. The molecule has 1 fully saturated rings. The molecule has 0 aromatic heterocycles. The van der Waals surface area contributed by atoms with Gasteiger partial charge in [-0.15, -0.1) is 0 Å². The Bertz CT molecular complexity index is 1250. The van der Waals surface area contributed by atoms with Crippen molar-refractivity contribution in [2.24, 2.45) is 11.3 Å². The van der Waals surface area contributed by atoms with Gasteiger partial charge >= 0.3 is 6.03 Å². The van der Waals surface area contributed by atoms with E-state index in [0.29, 0.717) is 29.1 Å². The number of urea groups is 1. The predicted octanol–water partition coefficient (Wildman–Crippen LogP) is 4.25. The number of hydrogen-bond acceptors (Lipinski definition) is 5. The summed E-state index contributed by atoms with van der Waals surface area (Å²) in [5.74, 6) is -1.55. The van der Waals surface area contributed by atoms with Crippen LogP contribution in [0.5, 0.6) is 0 Å². The number of anilines is 1. The number of nitrogens with zero attached hydrogens (tertiary/aromatic N) is 1. The van der Waals surface area contributed by atoms with E-state index in [1.807, 2.05) is 13.8 Å². The van der Waals surface area contributed by atoms with Crippen LogP contribution in [0.3, 0.4) is 0 Å². The normalized spacial score (nSPS) is 23.2. The molecule has 8 nitrogen and oxygen atoms in total. The molecule has 212 valence electrons. The van der Waals surface area contributed by atoms with Crippen molar-refractivity contribution in [3.05, 3.63) is 63.4 Å². The zero-order chi connectivity index (χ0) is 28.5. The maximum Gasteiger partial charge on any atom is 0.317 e. The first kappa shape index (κ1) is 29.6. The van der Waals surface area contributed by atoms with Gasteiger partial charge in [0.25, 0.3) is 0 Å². The molecule has 2 aromatic rings. The molecule has 11 heteroatoms. The molecule has 2 heterocycles. The number of benzene rings is 2. The van der Waals surface area contributed by atoms with E-state index in [4.69, 9.17) is 28.3 Å². The number of rotatable bonds is 9. The first-order chi connectivity index (χ1) is 18.5. The summed E-state index contributed by atoms with van der Waals surface area (Å²) in [5, 5.41) is 34.5. The minimum Gasteiger partial charge on any atom is -0.396 e. The molecule has 0 bridgehead atoms. The smallest absolute Gasteiger partial charge is 0.317 e. The third kappa shape index (κ3) is 5.47. The van der Waals surface area contributed by atoms with Gasteiger partial charge < -0.3 is 30.9 Å². The van der Waals surface area contributed by atoms with E-state index in [2.05, 4.69) is 10.6 Å². The summed E-state index contributed by atoms with van der Waals surface area (Å²) in [6.07, 6.45) is 0.0393. The van der Waals surface area contributed by atoms with E-state index in [9.17, 15) is 19.8 Å². The zero-order valence-electron chi connectivity index (χ0n) is 21.9. The average Bonchev–Trinajstić information content (AvgIpc) is 3.35. The SMILES string of the molecule is CC(C)(CCO)C[C@@H]1CN(C(=O)NCC[C@H](O)CO)[C@H](c2cccc(Cl)c2F)[C@]12C(=O)Nc1cc(Cl)ccc12. The molecule has 0 saturated carbocycles. The second-order valence-corrected chi connectivity index (χ2v) is 12.0. The van der Waals surface area contributed by atoms with Gasteiger partial charge in [-0.05, 0) is 54.4 Å². The Kier molecular flexibility index (Phi) is 8.78. The molecule has 2 aliphatic rings. The maximum absolute atomic E-state index is 15.7. The van der Waals surface area contributed by atoms with Crippen molar-refractivity contribution >= 4 is 40.8 Å². The highest BCUT2D eigenvalue weighted by atomic mass is 35.5. The lowest BCUT2D eigenvalue weighted by molar-refractivity contribution is -0.123. The molecule has 5 N–H and O–H groups in total. The van der Waals surface area contributed by atoms with Crippen LogP contribution in [0, 0.1) is 17.2 Å². The standard InChI is InChI=1S/C28H34Cl2FN3O5/c1-27(2,9-11-35)13-16-14-34(26(39)32-10-8-18(37)15-36)24(19-4-3-5-21(30)23(19)31)28(16)20-7-6-17(29)12-22(20)33-25(28)38/h3-7,12,16,18,24,35-37H,8-11,13-15H2,1-2H3,(H,32,39)(H,33,38)/t16-,18+,24-,28+/m1/s1. The highest BCUT2D eigenvalue weighted by Gasteiger charge is 2.65. The van der Waals surface area contributed by atoms with Gasteiger partial charge in [0.15, 0.2) is 0 Å². The molecule has 2 aliphatic heterocycles. The van der Waals surface area contributed by atoms with E-state index < -0.39 is 47.3 Å². The fourth-order valence-electron chi connectivity index (χ4n) is 6.14. The van der Waals surface area contributed by atoms with Crippen molar-refractivity contribution in [2.75, 3.05) is 31.6 Å². The van der Waals surface area contributed by atoms with Crippen LogP contribution in [-0.2, 0) is 10.2 Å². The first-order valence-electron chi connectivity index (χ1n) is 13.0. The van der Waals surface area contributed by atoms with Gasteiger partial charge in [-0.25, -0.2) is 9.18 Å². The second kappa shape index (κ2) is 11.6. The number of carbonyl (C=O) groups is 2. The second-order valence-electron chi connectivity index (χ2n) is 11.1. The molecule has 4 atom stereocenters. The Balaban J connectivity index is 1.90. The van der Waals surface area contributed by atoms with Crippen molar-refractivity contribution in [2.45, 2.75) is 50.7 Å². The Labute approximate surface area is 237 Å². The molecule has 0 radical (unpaired) electrons. The Morgan fingerprint density at radius 1 is 1.28 bits per heavy atom. The summed E-state index contributed by atoms with van der Waals surface area (Å²) in [6.45, 7) is 3.67. The van der Waals surface area contributed by atoms with Crippen LogP contribution in [-0.4, -0.2) is 64.6 Å². The Morgan fingerprint density at radius 2 is 2.03 bits per heavy atom. The minimum atomic E-state index is -1.37. The summed E-state index contributed by atoms with van der Waals surface area (Å²) in [7, 11) is 0. The third-order valence-corrected chi connectivity index (χ3v) is 8.47. The number of carbonyl (C=O) groups excluding carboxylic acids is 2. The summed E-state index contributed by atoms with van der Waals surface area (Å²) in [4.78, 5) is 29.3. The number of aliphatic hydroxyl groups is 3. The van der Waals surface area contributed by atoms with E-state index >= 15 is 4.39 Å². The average molecular weight is 583 g/mol. The largest absolute Gasteiger partial charge is 0.396 e. The fraction of sp³-hybridized carbons (Fsp3) is 0.500. The quantitative estimate of drug-likeness (QED) is 0.303. The predicted molar refractivity (Wildman–Crippen MR) is 147 cm³/mol. The van der Waals surface area contributed by atoms with Gasteiger partial charge in [-0.1, -0.05) is 55.2 Å². The number of fused-ring (bicyclic) bond motifs is 2. The number of likely N-dealkylation sites (tertiary alicyclic amines) is 1. The van der Waals surface area contributed by atoms with Crippen LogP contribution in [0.25, 0.3) is 0 Å². The summed E-state index contributed by atoms with van der Waals surface area (Å²) in [5.41, 5.74) is -0.569. The van der Waals surface area contributed by atoms with E-state index in [1.165, 1.54) is 17.0 Å². The summed E-state index contributed by atoms with van der Waals surface area (Å²) >= 11 is 12.5. The number of amides is 3. The number of nitrogens with one attached hydrogen (secondary N) is 2. The van der Waals surface area contributed by atoms with Crippen molar-refractivity contribution in [1.82, 2.24) is 10.2 Å². The van der Waals surface area contributed by atoms with Crippen LogP contribution >= 0.6 is 23.2 Å². The van der Waals surface area contributed by atoms with Gasteiger partial charge in [0.05, 0.1) is 23.8 Å². The molecular formula is C28H34Cl2FN3O5. The van der Waals surface area contributed by atoms with Crippen LogP contribution < -0.4 is 10.6 Å². The van der Waals surface area contributed by atoms with Gasteiger partial charge in [0.2, 0.25) is 5.91 Å². The molecule has 4 rings (SSSR count). The topological polar surface area (TPSA) is 122 Å². The van der Waals surface area contributed by atoms with Gasteiger partial charge in [0, 0.05) is 36.0 Å². The fourth-order valence-corrected chi connectivity index (χ4v) is 6.50. The Morgan fingerprint density at radius 3 is 2.72 bits per heavy atom. The van der Waals surface area contributed by atoms with Gasteiger partial charge in [-0.3, -0.25) is 4.79 Å². The van der Waals surface area contributed by atoms with Crippen LogP contribution in [0.4, 0.5) is 14.9 Å². The first-order valence-corrected chi connectivity index (χ1v) is 13.7. The minimum absolute atomic E-state index is 0.0468. The molecule has 39 heavy (non-hydrogen) atoms. The number of aliphatic hydroxyl groups excluding tert-OH is 3. The monoisotopic (exact) mass is 581 g/mol. The zero-order valence-corrected chi connectivity index (χ0v) is 23.4. The van der Waals surface area contributed by atoms with Crippen molar-refractivity contribution in [3.8, 4) is 0 Å². The number of hydrogen-bond donors (Lipinski definition) is 5. The van der Waals surface area contributed by atoms with Crippen molar-refractivity contribution in [3.63, 3.8) is 0 Å². The van der Waals surface area contributed by atoms with Gasteiger partial charge in [0.1, 0.15) is 11.2 Å². The van der Waals surface area contributed by atoms with E-state index in [1.54, 1.807) is 24.3 Å². The number of halogens is 3. The van der Waals surface area contributed by atoms with E-state index in [0.717, 1.165) is 0 Å². The highest BCUT2D eigenvalue weighted by molar-refractivity contribution is 6.31. The summed E-state index contributed by atoms with van der Waals surface area (Å²) < 4.78 is 15.7. The molecule has 2 aromatic carbocycles. The van der Waals surface area contributed by atoms with Crippen LogP contribution in [0.1, 0.15) is 50.3 Å². The van der Waals surface area contributed by atoms with Crippen molar-refractivity contribution < 1.29 is 29.3 Å².